The molecule has 1 aromatic carbocycles. The Morgan fingerprint density at radius 3 is 2.70 bits per heavy atom. The van der Waals surface area contributed by atoms with Gasteiger partial charge in [-0.25, -0.2) is 8.42 Å². The summed E-state index contributed by atoms with van der Waals surface area (Å²) < 4.78 is 28.4. The Bertz CT molecular complexity index is 639. The van der Waals surface area contributed by atoms with Crippen molar-refractivity contribution in [3.05, 3.63) is 29.3 Å². The lowest BCUT2D eigenvalue weighted by molar-refractivity contribution is 0.0770. The van der Waals surface area contributed by atoms with E-state index >= 15 is 0 Å². The molecule has 0 unspecified atom stereocenters. The van der Waals surface area contributed by atoms with E-state index < -0.39 is 9.84 Å². The van der Waals surface area contributed by atoms with Crippen molar-refractivity contribution in [3.8, 4) is 5.75 Å². The molecule has 0 aliphatic carbocycles. The van der Waals surface area contributed by atoms with Crippen LogP contribution >= 0.6 is 0 Å². The van der Waals surface area contributed by atoms with Crippen molar-refractivity contribution in [2.45, 2.75) is 19.4 Å². The summed E-state index contributed by atoms with van der Waals surface area (Å²) in [5.41, 5.74) is 1.66. The van der Waals surface area contributed by atoms with Gasteiger partial charge in [-0.1, -0.05) is 0 Å². The monoisotopic (exact) mass is 295 g/mol. The lowest BCUT2D eigenvalue weighted by Crippen LogP contribution is -2.43. The van der Waals surface area contributed by atoms with Gasteiger partial charge >= 0.3 is 0 Å². The first-order chi connectivity index (χ1) is 9.44. The first kappa shape index (κ1) is 13.4. The Balaban J connectivity index is 1.77. The summed E-state index contributed by atoms with van der Waals surface area (Å²) in [6, 6.07) is 5.44. The average molecular weight is 295 g/mol. The molecule has 1 atom stereocenters. The van der Waals surface area contributed by atoms with Crippen LogP contribution in [0.2, 0.25) is 0 Å². The number of fused-ring (bicyclic) bond motifs is 1. The first-order valence-corrected chi connectivity index (χ1v) is 8.56. The first-order valence-electron chi connectivity index (χ1n) is 6.74. The van der Waals surface area contributed by atoms with E-state index in [9.17, 15) is 13.2 Å². The number of hydrogen-bond acceptors (Lipinski definition) is 4. The van der Waals surface area contributed by atoms with Crippen LogP contribution < -0.4 is 4.74 Å². The van der Waals surface area contributed by atoms with E-state index in [1.807, 2.05) is 19.1 Å². The zero-order valence-electron chi connectivity index (χ0n) is 11.3. The Kier molecular flexibility index (Phi) is 3.20. The summed E-state index contributed by atoms with van der Waals surface area (Å²) in [5.74, 6) is 0.866. The third-order valence-electron chi connectivity index (χ3n) is 3.77. The van der Waals surface area contributed by atoms with E-state index in [2.05, 4.69) is 0 Å². The molecule has 0 spiro atoms. The van der Waals surface area contributed by atoms with Crippen molar-refractivity contribution in [3.63, 3.8) is 0 Å². The normalized spacial score (nSPS) is 24.1. The number of carbonyl (C=O) groups excluding carboxylic acids is 1. The van der Waals surface area contributed by atoms with Gasteiger partial charge in [0.2, 0.25) is 0 Å². The molecule has 2 aliphatic heterocycles. The number of rotatable bonds is 1. The van der Waals surface area contributed by atoms with Crippen LogP contribution in [0.4, 0.5) is 0 Å². The van der Waals surface area contributed by atoms with Crippen molar-refractivity contribution in [2.75, 3.05) is 24.6 Å². The molecule has 2 heterocycles. The van der Waals surface area contributed by atoms with Gasteiger partial charge in [0.1, 0.15) is 11.9 Å². The van der Waals surface area contributed by atoms with Gasteiger partial charge < -0.3 is 9.64 Å². The molecule has 0 radical (unpaired) electrons. The molecule has 0 bridgehead atoms. The van der Waals surface area contributed by atoms with Crippen molar-refractivity contribution < 1.29 is 17.9 Å². The van der Waals surface area contributed by atoms with Gasteiger partial charge in [-0.05, 0) is 30.7 Å². The van der Waals surface area contributed by atoms with Gasteiger partial charge in [0.25, 0.3) is 5.91 Å². The molecule has 2 aliphatic rings. The van der Waals surface area contributed by atoms with Crippen LogP contribution in [-0.4, -0.2) is 49.9 Å². The Morgan fingerprint density at radius 1 is 1.30 bits per heavy atom. The Labute approximate surface area is 118 Å². The molecule has 1 amide bonds. The highest BCUT2D eigenvalue weighted by Gasteiger charge is 2.27. The van der Waals surface area contributed by atoms with Crippen molar-refractivity contribution in [1.29, 1.82) is 0 Å². The lowest BCUT2D eigenvalue weighted by atomic mass is 10.1. The largest absolute Gasteiger partial charge is 0.490 e. The molecule has 1 aromatic rings. The number of carbonyl (C=O) groups is 1. The van der Waals surface area contributed by atoms with Crippen molar-refractivity contribution in [1.82, 2.24) is 4.90 Å². The molecule has 0 aromatic heterocycles. The number of nitrogens with zero attached hydrogens (tertiary/aromatic N) is 1. The highest BCUT2D eigenvalue weighted by molar-refractivity contribution is 7.91. The van der Waals surface area contributed by atoms with Crippen LogP contribution in [0.5, 0.6) is 5.75 Å². The van der Waals surface area contributed by atoms with Gasteiger partial charge in [-0.2, -0.15) is 0 Å². The lowest BCUT2D eigenvalue weighted by Gasteiger charge is -2.26. The van der Waals surface area contributed by atoms with Gasteiger partial charge in [0, 0.05) is 25.1 Å². The number of hydrogen-bond donors (Lipinski definition) is 0. The molecule has 1 saturated heterocycles. The van der Waals surface area contributed by atoms with E-state index in [-0.39, 0.29) is 36.6 Å². The summed E-state index contributed by atoms with van der Waals surface area (Å²) in [7, 11) is -2.96. The second-order valence-corrected chi connectivity index (χ2v) is 7.70. The molecular formula is C14H17NO4S. The topological polar surface area (TPSA) is 63.7 Å². The predicted molar refractivity (Wildman–Crippen MR) is 74.8 cm³/mol. The summed E-state index contributed by atoms with van der Waals surface area (Å²) in [5, 5.41) is 0. The molecule has 0 N–H and O–H groups in total. The zero-order chi connectivity index (χ0) is 14.3. The predicted octanol–water partition coefficient (Wildman–Crippen LogP) is 0.881. The highest BCUT2D eigenvalue weighted by Crippen LogP contribution is 2.29. The summed E-state index contributed by atoms with van der Waals surface area (Å²) >= 11 is 0. The summed E-state index contributed by atoms with van der Waals surface area (Å²) in [6.45, 7) is 2.56. The van der Waals surface area contributed by atoms with Crippen LogP contribution in [0.25, 0.3) is 0 Å². The number of sulfone groups is 1. The Hall–Kier alpha value is -1.56. The van der Waals surface area contributed by atoms with E-state index in [4.69, 9.17) is 4.74 Å². The maximum Gasteiger partial charge on any atom is 0.253 e. The maximum atomic E-state index is 12.4. The fraction of sp³-hybridized carbons (Fsp3) is 0.500. The standard InChI is InChI=1S/C14H17NO4S/c1-10-8-12-9-11(2-3-13(12)19-10)14(16)15-4-6-20(17,18)7-5-15/h2-3,9-10H,4-8H2,1H3/t10-/m1/s1. The number of benzene rings is 1. The van der Waals surface area contributed by atoms with Crippen molar-refractivity contribution >= 4 is 15.7 Å². The third kappa shape index (κ3) is 2.52. The molecule has 20 heavy (non-hydrogen) atoms. The second kappa shape index (κ2) is 4.77. The van der Waals surface area contributed by atoms with Crippen molar-refractivity contribution in [2.24, 2.45) is 0 Å². The van der Waals surface area contributed by atoms with Crippen LogP contribution in [0.15, 0.2) is 18.2 Å². The number of amides is 1. The second-order valence-electron chi connectivity index (χ2n) is 5.40. The van der Waals surface area contributed by atoms with Crippen LogP contribution in [0, 0.1) is 0 Å². The van der Waals surface area contributed by atoms with Gasteiger partial charge in [0.05, 0.1) is 11.5 Å². The molecule has 3 rings (SSSR count). The van der Waals surface area contributed by atoms with Crippen LogP contribution in [0.1, 0.15) is 22.8 Å². The van der Waals surface area contributed by atoms with E-state index in [1.165, 1.54) is 0 Å². The van der Waals surface area contributed by atoms with E-state index in [0.29, 0.717) is 5.56 Å². The quantitative estimate of drug-likeness (QED) is 0.771. The average Bonchev–Trinajstić information content (AvgIpc) is 2.77. The Morgan fingerprint density at radius 2 is 2.00 bits per heavy atom. The maximum absolute atomic E-state index is 12.4. The molecular weight excluding hydrogens is 278 g/mol. The van der Waals surface area contributed by atoms with Gasteiger partial charge in [-0.15, -0.1) is 0 Å². The fourth-order valence-corrected chi connectivity index (χ4v) is 3.85. The summed E-state index contributed by atoms with van der Waals surface area (Å²) in [6.07, 6.45) is 0.959. The molecule has 108 valence electrons. The minimum absolute atomic E-state index is 0.0594. The fourth-order valence-electron chi connectivity index (χ4n) is 2.65. The van der Waals surface area contributed by atoms with Gasteiger partial charge in [0.15, 0.2) is 9.84 Å². The van der Waals surface area contributed by atoms with Gasteiger partial charge in [-0.3, -0.25) is 4.79 Å². The van der Waals surface area contributed by atoms with Crippen LogP contribution in [-0.2, 0) is 16.3 Å². The molecule has 0 saturated carbocycles. The summed E-state index contributed by atoms with van der Waals surface area (Å²) in [4.78, 5) is 14.0. The zero-order valence-corrected chi connectivity index (χ0v) is 12.1. The molecule has 1 fully saturated rings. The van der Waals surface area contributed by atoms with E-state index in [1.54, 1.807) is 11.0 Å². The molecule has 6 heteroatoms. The van der Waals surface area contributed by atoms with Crippen LogP contribution in [0.3, 0.4) is 0 Å². The van der Waals surface area contributed by atoms with E-state index in [0.717, 1.165) is 17.7 Å². The third-order valence-corrected chi connectivity index (χ3v) is 5.38. The highest BCUT2D eigenvalue weighted by atomic mass is 32.2. The number of ether oxygens (including phenoxy) is 1. The minimum Gasteiger partial charge on any atom is -0.490 e. The minimum atomic E-state index is -2.96. The smallest absolute Gasteiger partial charge is 0.253 e. The SMILES string of the molecule is C[C@@H]1Cc2cc(C(=O)N3CCS(=O)(=O)CC3)ccc2O1. The molecule has 5 nitrogen and oxygen atoms in total.